The molecular formula is C15H13N3O2S. The molecule has 106 valence electrons. The molecule has 0 aliphatic rings. The Morgan fingerprint density at radius 2 is 2.24 bits per heavy atom. The Morgan fingerprint density at radius 3 is 3.00 bits per heavy atom. The van der Waals surface area contributed by atoms with Crippen molar-refractivity contribution in [3.63, 3.8) is 0 Å². The van der Waals surface area contributed by atoms with Crippen LogP contribution in [0.5, 0.6) is 0 Å². The second-order valence-corrected chi connectivity index (χ2v) is 5.65. The summed E-state index contributed by atoms with van der Waals surface area (Å²) in [6.07, 6.45) is 2.97. The van der Waals surface area contributed by atoms with Crippen molar-refractivity contribution in [1.82, 2.24) is 14.3 Å². The maximum absolute atomic E-state index is 12.6. The number of benzene rings is 1. The molecule has 0 bridgehead atoms. The van der Waals surface area contributed by atoms with E-state index in [1.807, 2.05) is 24.3 Å². The van der Waals surface area contributed by atoms with Crippen LogP contribution in [0.2, 0.25) is 0 Å². The highest BCUT2D eigenvalue weighted by atomic mass is 32.1. The fourth-order valence-electron chi connectivity index (χ4n) is 2.18. The molecule has 1 amide bonds. The second-order valence-electron chi connectivity index (χ2n) is 4.64. The standard InChI is InChI=1S/C15H13N3O2S/c1-3-8-17(2)13(19)10-9-16-15-18(14(10)20)11-6-4-5-7-12(11)21-15/h3-7,9H,1,8H2,2H3. The normalized spacial score (nSPS) is 10.9. The van der Waals surface area contributed by atoms with Gasteiger partial charge in [0.25, 0.3) is 11.5 Å². The summed E-state index contributed by atoms with van der Waals surface area (Å²) < 4.78 is 2.46. The molecule has 3 aromatic rings. The van der Waals surface area contributed by atoms with Gasteiger partial charge in [0.15, 0.2) is 4.96 Å². The topological polar surface area (TPSA) is 54.7 Å². The summed E-state index contributed by atoms with van der Waals surface area (Å²) in [7, 11) is 1.63. The van der Waals surface area contributed by atoms with Crippen LogP contribution in [-0.2, 0) is 0 Å². The number of carbonyl (C=O) groups is 1. The summed E-state index contributed by atoms with van der Waals surface area (Å²) in [6.45, 7) is 3.97. The van der Waals surface area contributed by atoms with Gasteiger partial charge in [-0.3, -0.25) is 14.0 Å². The third-order valence-electron chi connectivity index (χ3n) is 3.22. The number of aromatic nitrogens is 2. The van der Waals surface area contributed by atoms with Gasteiger partial charge in [0, 0.05) is 19.8 Å². The molecule has 0 radical (unpaired) electrons. The zero-order valence-corrected chi connectivity index (χ0v) is 12.3. The predicted molar refractivity (Wildman–Crippen MR) is 84.0 cm³/mol. The highest BCUT2D eigenvalue weighted by Gasteiger charge is 2.18. The molecule has 0 aliphatic carbocycles. The molecule has 0 aliphatic heterocycles. The van der Waals surface area contributed by atoms with Gasteiger partial charge >= 0.3 is 0 Å². The van der Waals surface area contributed by atoms with Crippen molar-refractivity contribution in [3.05, 3.63) is 59.0 Å². The monoisotopic (exact) mass is 299 g/mol. The Balaban J connectivity index is 2.24. The average Bonchev–Trinajstić information content (AvgIpc) is 2.86. The van der Waals surface area contributed by atoms with Crippen molar-refractivity contribution >= 4 is 32.4 Å². The predicted octanol–water partition coefficient (Wildman–Crippen LogP) is 2.17. The third-order valence-corrected chi connectivity index (χ3v) is 4.25. The van der Waals surface area contributed by atoms with Crippen molar-refractivity contribution in [1.29, 1.82) is 0 Å². The number of nitrogens with zero attached hydrogens (tertiary/aromatic N) is 3. The largest absolute Gasteiger partial charge is 0.338 e. The molecule has 0 fully saturated rings. The van der Waals surface area contributed by atoms with Crippen LogP contribution in [0.1, 0.15) is 10.4 Å². The van der Waals surface area contributed by atoms with Gasteiger partial charge in [0.2, 0.25) is 0 Å². The Bertz CT molecular complexity index is 910. The summed E-state index contributed by atoms with van der Waals surface area (Å²) in [5.41, 5.74) is 0.509. The molecule has 21 heavy (non-hydrogen) atoms. The molecule has 3 rings (SSSR count). The van der Waals surface area contributed by atoms with E-state index in [-0.39, 0.29) is 17.0 Å². The molecule has 0 saturated heterocycles. The van der Waals surface area contributed by atoms with Gasteiger partial charge in [-0.05, 0) is 12.1 Å². The van der Waals surface area contributed by atoms with Crippen LogP contribution < -0.4 is 5.56 Å². The van der Waals surface area contributed by atoms with Gasteiger partial charge in [-0.15, -0.1) is 6.58 Å². The second kappa shape index (κ2) is 5.14. The molecule has 0 spiro atoms. The smallest absolute Gasteiger partial charge is 0.271 e. The van der Waals surface area contributed by atoms with E-state index in [4.69, 9.17) is 0 Å². The first-order valence-electron chi connectivity index (χ1n) is 6.39. The van der Waals surface area contributed by atoms with Gasteiger partial charge < -0.3 is 4.90 Å². The van der Waals surface area contributed by atoms with Crippen molar-refractivity contribution in [3.8, 4) is 0 Å². The number of hydrogen-bond donors (Lipinski definition) is 0. The van der Waals surface area contributed by atoms with Crippen LogP contribution in [0.4, 0.5) is 0 Å². The zero-order valence-electron chi connectivity index (χ0n) is 11.4. The molecule has 6 heteroatoms. The van der Waals surface area contributed by atoms with Gasteiger partial charge in [-0.2, -0.15) is 0 Å². The maximum Gasteiger partial charge on any atom is 0.271 e. The summed E-state index contributed by atoms with van der Waals surface area (Å²) in [5, 5.41) is 0. The lowest BCUT2D eigenvalue weighted by molar-refractivity contribution is 0.0808. The van der Waals surface area contributed by atoms with E-state index in [0.717, 1.165) is 10.2 Å². The third kappa shape index (κ3) is 2.13. The van der Waals surface area contributed by atoms with Crippen LogP contribution in [0.15, 0.2) is 47.9 Å². The minimum atomic E-state index is -0.350. The minimum Gasteiger partial charge on any atom is -0.338 e. The summed E-state index contributed by atoms with van der Waals surface area (Å²) in [6, 6.07) is 7.55. The van der Waals surface area contributed by atoms with Crippen LogP contribution in [0, 0.1) is 0 Å². The first kappa shape index (κ1) is 13.5. The van der Waals surface area contributed by atoms with E-state index >= 15 is 0 Å². The lowest BCUT2D eigenvalue weighted by Gasteiger charge is -2.13. The van der Waals surface area contributed by atoms with Crippen molar-refractivity contribution in [2.75, 3.05) is 13.6 Å². The van der Waals surface area contributed by atoms with Crippen molar-refractivity contribution < 1.29 is 4.79 Å². The van der Waals surface area contributed by atoms with E-state index < -0.39 is 0 Å². The molecular weight excluding hydrogens is 286 g/mol. The van der Waals surface area contributed by atoms with E-state index in [0.29, 0.717) is 11.5 Å². The Labute approximate surface area is 124 Å². The van der Waals surface area contributed by atoms with Crippen molar-refractivity contribution in [2.24, 2.45) is 0 Å². The number of rotatable bonds is 3. The molecule has 1 aromatic carbocycles. The van der Waals surface area contributed by atoms with Gasteiger partial charge in [-0.1, -0.05) is 29.5 Å². The fraction of sp³-hybridized carbons (Fsp3) is 0.133. The molecule has 2 aromatic heterocycles. The van der Waals surface area contributed by atoms with Gasteiger partial charge in [0.1, 0.15) is 5.56 Å². The number of carbonyl (C=O) groups excluding carboxylic acids is 1. The SMILES string of the molecule is C=CCN(C)C(=O)c1cnc2sc3ccccc3n2c1=O. The van der Waals surface area contributed by atoms with Crippen LogP contribution in [0.25, 0.3) is 15.2 Å². The molecule has 0 saturated carbocycles. The Morgan fingerprint density at radius 1 is 1.48 bits per heavy atom. The number of likely N-dealkylation sites (N-methyl/N-ethyl adjacent to an activating group) is 1. The first-order valence-corrected chi connectivity index (χ1v) is 7.21. The quantitative estimate of drug-likeness (QED) is 0.696. The molecule has 0 N–H and O–H groups in total. The molecule has 0 atom stereocenters. The average molecular weight is 299 g/mol. The van der Waals surface area contributed by atoms with Gasteiger partial charge in [0.05, 0.1) is 10.2 Å². The summed E-state index contributed by atoms with van der Waals surface area (Å²) in [5.74, 6) is -0.350. The number of para-hydroxylation sites is 1. The number of amides is 1. The van der Waals surface area contributed by atoms with Crippen molar-refractivity contribution in [2.45, 2.75) is 0 Å². The van der Waals surface area contributed by atoms with E-state index in [2.05, 4.69) is 11.6 Å². The Kier molecular flexibility index (Phi) is 3.31. The molecule has 0 unspecified atom stereocenters. The number of fused-ring (bicyclic) bond motifs is 3. The van der Waals surface area contributed by atoms with Gasteiger partial charge in [-0.25, -0.2) is 4.98 Å². The fourth-order valence-corrected chi connectivity index (χ4v) is 3.17. The summed E-state index contributed by atoms with van der Waals surface area (Å²) >= 11 is 1.43. The first-order chi connectivity index (χ1) is 10.1. The lowest BCUT2D eigenvalue weighted by atomic mass is 10.3. The molecule has 5 nitrogen and oxygen atoms in total. The van der Waals surface area contributed by atoms with Crippen LogP contribution in [-0.4, -0.2) is 33.8 Å². The summed E-state index contributed by atoms with van der Waals surface area (Å²) in [4.78, 5) is 31.2. The Hall–Kier alpha value is -2.47. The zero-order chi connectivity index (χ0) is 15.0. The number of thiazole rings is 1. The van der Waals surface area contributed by atoms with Crippen LogP contribution >= 0.6 is 11.3 Å². The maximum atomic E-state index is 12.6. The lowest BCUT2D eigenvalue weighted by Crippen LogP contribution is -2.33. The highest BCUT2D eigenvalue weighted by molar-refractivity contribution is 7.23. The van der Waals surface area contributed by atoms with E-state index in [1.165, 1.54) is 26.8 Å². The van der Waals surface area contributed by atoms with E-state index in [1.54, 1.807) is 13.1 Å². The highest BCUT2D eigenvalue weighted by Crippen LogP contribution is 2.23. The minimum absolute atomic E-state index is 0.0698. The number of hydrogen-bond acceptors (Lipinski definition) is 4. The van der Waals surface area contributed by atoms with E-state index in [9.17, 15) is 9.59 Å². The van der Waals surface area contributed by atoms with Crippen LogP contribution in [0.3, 0.4) is 0 Å². The molecule has 2 heterocycles.